The Kier molecular flexibility index (Phi) is 7.98. The van der Waals surface area contributed by atoms with Gasteiger partial charge in [-0.1, -0.05) is 39.8 Å². The van der Waals surface area contributed by atoms with E-state index in [0.717, 1.165) is 5.56 Å². The standard InChI is InChI=1S/C24H33NO5/c1-8-19(30-18-11-9-17(10-12-18)24(2,3)4)23(26)25-15-16-13-20(27-5)22(29-7)21(14-16)28-6/h9-14,19H,8,15H2,1-7H3,(H,25,26). The van der Waals surface area contributed by atoms with Gasteiger partial charge in [-0.05, 0) is 47.2 Å². The Morgan fingerprint density at radius 2 is 1.53 bits per heavy atom. The first kappa shape index (κ1) is 23.4. The lowest BCUT2D eigenvalue weighted by Gasteiger charge is -2.21. The largest absolute Gasteiger partial charge is 0.493 e. The second kappa shape index (κ2) is 10.2. The normalized spacial score (nSPS) is 12.1. The number of ether oxygens (including phenoxy) is 4. The zero-order chi connectivity index (χ0) is 22.3. The van der Waals surface area contributed by atoms with Crippen LogP contribution in [0.1, 0.15) is 45.2 Å². The zero-order valence-corrected chi connectivity index (χ0v) is 19.0. The molecule has 1 amide bonds. The lowest BCUT2D eigenvalue weighted by Crippen LogP contribution is -2.37. The Hall–Kier alpha value is -2.89. The third kappa shape index (κ3) is 5.81. The molecule has 0 heterocycles. The minimum absolute atomic E-state index is 0.0700. The number of nitrogens with one attached hydrogen (secondary N) is 1. The molecule has 0 spiro atoms. The molecule has 0 bridgehead atoms. The molecule has 0 saturated heterocycles. The van der Waals surface area contributed by atoms with E-state index in [1.807, 2.05) is 43.3 Å². The molecule has 2 aromatic rings. The van der Waals surface area contributed by atoms with Crippen molar-refractivity contribution in [2.24, 2.45) is 0 Å². The fourth-order valence-corrected chi connectivity index (χ4v) is 3.06. The van der Waals surface area contributed by atoms with Crippen molar-refractivity contribution in [3.05, 3.63) is 47.5 Å². The van der Waals surface area contributed by atoms with Crippen molar-refractivity contribution in [3.8, 4) is 23.0 Å². The molecule has 1 atom stereocenters. The van der Waals surface area contributed by atoms with Crippen molar-refractivity contribution in [1.82, 2.24) is 5.32 Å². The number of carbonyl (C=O) groups excluding carboxylic acids is 1. The van der Waals surface area contributed by atoms with Gasteiger partial charge in [-0.25, -0.2) is 0 Å². The van der Waals surface area contributed by atoms with Crippen molar-refractivity contribution < 1.29 is 23.7 Å². The Balaban J connectivity index is 2.05. The van der Waals surface area contributed by atoms with Gasteiger partial charge in [0.15, 0.2) is 17.6 Å². The summed E-state index contributed by atoms with van der Waals surface area (Å²) in [6.07, 6.45) is -0.0187. The van der Waals surface area contributed by atoms with Crippen LogP contribution in [0.5, 0.6) is 23.0 Å². The molecule has 0 saturated carbocycles. The van der Waals surface area contributed by atoms with E-state index in [1.165, 1.54) is 5.56 Å². The second-order valence-electron chi connectivity index (χ2n) is 8.04. The summed E-state index contributed by atoms with van der Waals surface area (Å²) in [5.41, 5.74) is 2.12. The molecule has 0 radical (unpaired) electrons. The summed E-state index contributed by atoms with van der Waals surface area (Å²) in [7, 11) is 4.68. The summed E-state index contributed by atoms with van der Waals surface area (Å²) in [4.78, 5) is 12.7. The van der Waals surface area contributed by atoms with Crippen LogP contribution in [0.15, 0.2) is 36.4 Å². The predicted molar refractivity (Wildman–Crippen MR) is 118 cm³/mol. The van der Waals surface area contributed by atoms with Gasteiger partial charge in [0.1, 0.15) is 5.75 Å². The molecule has 2 aromatic carbocycles. The Morgan fingerprint density at radius 3 is 1.97 bits per heavy atom. The number of hydrogen-bond donors (Lipinski definition) is 1. The van der Waals surface area contributed by atoms with E-state index in [9.17, 15) is 4.79 Å². The minimum atomic E-state index is -0.576. The van der Waals surface area contributed by atoms with Crippen LogP contribution < -0.4 is 24.3 Å². The third-order valence-corrected chi connectivity index (χ3v) is 4.85. The number of benzene rings is 2. The molecule has 2 rings (SSSR count). The van der Waals surface area contributed by atoms with Crippen LogP contribution in [0.25, 0.3) is 0 Å². The molecule has 0 aromatic heterocycles. The molecular weight excluding hydrogens is 382 g/mol. The summed E-state index contributed by atoms with van der Waals surface area (Å²) in [6.45, 7) is 8.72. The van der Waals surface area contributed by atoms with Crippen LogP contribution in [0, 0.1) is 0 Å². The second-order valence-corrected chi connectivity index (χ2v) is 8.04. The van der Waals surface area contributed by atoms with Gasteiger partial charge in [0.2, 0.25) is 5.75 Å². The van der Waals surface area contributed by atoms with E-state index in [1.54, 1.807) is 21.3 Å². The Labute approximate surface area is 179 Å². The molecular formula is C24H33NO5. The molecule has 164 valence electrons. The van der Waals surface area contributed by atoms with Gasteiger partial charge in [-0.3, -0.25) is 4.79 Å². The maximum Gasteiger partial charge on any atom is 0.261 e. The molecule has 0 aliphatic heterocycles. The van der Waals surface area contributed by atoms with Gasteiger partial charge in [-0.2, -0.15) is 0 Å². The predicted octanol–water partition coefficient (Wildman–Crippen LogP) is 4.48. The maximum absolute atomic E-state index is 12.7. The van der Waals surface area contributed by atoms with Crippen molar-refractivity contribution in [3.63, 3.8) is 0 Å². The first-order valence-corrected chi connectivity index (χ1v) is 10.1. The van der Waals surface area contributed by atoms with Crippen molar-refractivity contribution in [2.45, 2.75) is 52.2 Å². The molecule has 0 aliphatic rings. The van der Waals surface area contributed by atoms with E-state index >= 15 is 0 Å². The fourth-order valence-electron chi connectivity index (χ4n) is 3.06. The first-order valence-electron chi connectivity index (χ1n) is 10.1. The van der Waals surface area contributed by atoms with Gasteiger partial charge in [0, 0.05) is 6.54 Å². The summed E-state index contributed by atoms with van der Waals surface area (Å²) in [5, 5.41) is 2.93. The van der Waals surface area contributed by atoms with Crippen LogP contribution in [-0.2, 0) is 16.8 Å². The fraction of sp³-hybridized carbons (Fsp3) is 0.458. The van der Waals surface area contributed by atoms with Crippen LogP contribution >= 0.6 is 0 Å². The number of rotatable bonds is 9. The van der Waals surface area contributed by atoms with Crippen molar-refractivity contribution in [2.75, 3.05) is 21.3 Å². The number of amides is 1. The van der Waals surface area contributed by atoms with Crippen molar-refractivity contribution >= 4 is 5.91 Å². The summed E-state index contributed by atoms with van der Waals surface area (Å²) in [5.74, 6) is 2.11. The lowest BCUT2D eigenvalue weighted by atomic mass is 9.87. The molecule has 1 N–H and O–H groups in total. The highest BCUT2D eigenvalue weighted by Gasteiger charge is 2.20. The topological polar surface area (TPSA) is 66.0 Å². The SMILES string of the molecule is CCC(Oc1ccc(C(C)(C)C)cc1)C(=O)NCc1cc(OC)c(OC)c(OC)c1. The van der Waals surface area contributed by atoms with Crippen LogP contribution in [0.4, 0.5) is 0 Å². The number of hydrogen-bond acceptors (Lipinski definition) is 5. The summed E-state index contributed by atoms with van der Waals surface area (Å²) in [6, 6.07) is 11.5. The monoisotopic (exact) mass is 415 g/mol. The van der Waals surface area contributed by atoms with Gasteiger partial charge in [-0.15, -0.1) is 0 Å². The summed E-state index contributed by atoms with van der Waals surface area (Å²) >= 11 is 0. The molecule has 30 heavy (non-hydrogen) atoms. The first-order chi connectivity index (χ1) is 14.2. The third-order valence-electron chi connectivity index (χ3n) is 4.85. The molecule has 6 nitrogen and oxygen atoms in total. The average Bonchev–Trinajstić information content (AvgIpc) is 2.74. The smallest absolute Gasteiger partial charge is 0.261 e. The molecule has 0 fully saturated rings. The lowest BCUT2D eigenvalue weighted by molar-refractivity contribution is -0.128. The van der Waals surface area contributed by atoms with Gasteiger partial charge in [0.05, 0.1) is 21.3 Å². The maximum atomic E-state index is 12.7. The summed E-state index contributed by atoms with van der Waals surface area (Å²) < 4.78 is 22.0. The Bertz CT molecular complexity index is 815. The highest BCUT2D eigenvalue weighted by atomic mass is 16.5. The number of methoxy groups -OCH3 is 3. The van der Waals surface area contributed by atoms with E-state index in [0.29, 0.717) is 36.0 Å². The van der Waals surface area contributed by atoms with Crippen LogP contribution in [-0.4, -0.2) is 33.3 Å². The van der Waals surface area contributed by atoms with Gasteiger partial charge in [0.25, 0.3) is 5.91 Å². The molecule has 6 heteroatoms. The zero-order valence-electron chi connectivity index (χ0n) is 19.0. The minimum Gasteiger partial charge on any atom is -0.493 e. The van der Waals surface area contributed by atoms with E-state index in [-0.39, 0.29) is 11.3 Å². The molecule has 1 unspecified atom stereocenters. The van der Waals surface area contributed by atoms with E-state index in [4.69, 9.17) is 18.9 Å². The van der Waals surface area contributed by atoms with Crippen molar-refractivity contribution in [1.29, 1.82) is 0 Å². The van der Waals surface area contributed by atoms with E-state index in [2.05, 4.69) is 26.1 Å². The quantitative estimate of drug-likeness (QED) is 0.654. The van der Waals surface area contributed by atoms with Crippen LogP contribution in [0.2, 0.25) is 0 Å². The molecule has 0 aliphatic carbocycles. The van der Waals surface area contributed by atoms with Crippen LogP contribution in [0.3, 0.4) is 0 Å². The van der Waals surface area contributed by atoms with Gasteiger partial charge >= 0.3 is 0 Å². The number of carbonyl (C=O) groups is 1. The Morgan fingerprint density at radius 1 is 0.967 bits per heavy atom. The van der Waals surface area contributed by atoms with E-state index < -0.39 is 6.10 Å². The highest BCUT2D eigenvalue weighted by molar-refractivity contribution is 5.81. The average molecular weight is 416 g/mol. The van der Waals surface area contributed by atoms with Gasteiger partial charge < -0.3 is 24.3 Å². The highest BCUT2D eigenvalue weighted by Crippen LogP contribution is 2.38.